The van der Waals surface area contributed by atoms with E-state index in [-0.39, 0.29) is 5.92 Å². The fraction of sp³-hybridized carbons (Fsp3) is 0.350. The van der Waals surface area contributed by atoms with Crippen molar-refractivity contribution in [2.45, 2.75) is 31.6 Å². The fourth-order valence-electron chi connectivity index (χ4n) is 3.19. The Kier molecular flexibility index (Phi) is 5.05. The van der Waals surface area contributed by atoms with E-state index in [4.69, 9.17) is 4.74 Å². The third kappa shape index (κ3) is 3.21. The maximum atomic E-state index is 13.4. The normalized spacial score (nSPS) is 14.7. The predicted octanol–water partition coefficient (Wildman–Crippen LogP) is 3.58. The Hall–Kier alpha value is -2.34. The molecule has 0 aliphatic carbocycles. The molecule has 1 heterocycles. The molecule has 1 aliphatic rings. The Morgan fingerprint density at radius 2 is 1.85 bits per heavy atom. The van der Waals surface area contributed by atoms with Gasteiger partial charge in [-0.2, -0.15) is 0 Å². The highest BCUT2D eigenvalue weighted by molar-refractivity contribution is 7.89. The highest BCUT2D eigenvalue weighted by Gasteiger charge is 2.33. The van der Waals surface area contributed by atoms with Gasteiger partial charge in [0.1, 0.15) is 11.6 Å². The largest absolute Gasteiger partial charge is 0.496 e. The molecule has 0 saturated carbocycles. The number of methoxy groups -OCH3 is 1. The van der Waals surface area contributed by atoms with E-state index in [1.54, 1.807) is 26.2 Å². The molecule has 26 heavy (non-hydrogen) atoms. The van der Waals surface area contributed by atoms with Crippen LogP contribution in [0.1, 0.15) is 36.5 Å². The predicted molar refractivity (Wildman–Crippen MR) is 104 cm³/mol. The Bertz CT molecular complexity index is 935. The maximum absolute atomic E-state index is 13.4. The van der Waals surface area contributed by atoms with Crippen LogP contribution in [0.2, 0.25) is 0 Å². The summed E-state index contributed by atoms with van der Waals surface area (Å²) in [5.41, 5.74) is 2.36. The van der Waals surface area contributed by atoms with Gasteiger partial charge in [0.2, 0.25) is 0 Å². The van der Waals surface area contributed by atoms with E-state index >= 15 is 0 Å². The minimum Gasteiger partial charge on any atom is -0.496 e. The zero-order chi connectivity index (χ0) is 18.9. The second kappa shape index (κ2) is 7.11. The van der Waals surface area contributed by atoms with E-state index in [9.17, 15) is 8.42 Å². The van der Waals surface area contributed by atoms with Crippen molar-refractivity contribution in [2.24, 2.45) is 4.99 Å². The van der Waals surface area contributed by atoms with E-state index in [1.165, 1.54) is 4.31 Å². The van der Waals surface area contributed by atoms with Crippen LogP contribution in [0.3, 0.4) is 0 Å². The minimum absolute atomic E-state index is 0.153. The van der Waals surface area contributed by atoms with Crippen molar-refractivity contribution in [2.75, 3.05) is 20.2 Å². The van der Waals surface area contributed by atoms with Crippen molar-refractivity contribution >= 4 is 15.9 Å². The van der Waals surface area contributed by atoms with E-state index in [0.717, 1.165) is 16.9 Å². The van der Waals surface area contributed by atoms with Crippen molar-refractivity contribution in [1.29, 1.82) is 0 Å². The Labute approximate surface area is 155 Å². The molecule has 2 aromatic rings. The summed E-state index contributed by atoms with van der Waals surface area (Å²) in [6.07, 6.45) is 0. The summed E-state index contributed by atoms with van der Waals surface area (Å²) in [7, 11) is -2.09. The number of hydrogen-bond acceptors (Lipinski definition) is 4. The highest BCUT2D eigenvalue weighted by Crippen LogP contribution is 2.33. The third-order valence-electron chi connectivity index (χ3n) is 4.55. The third-order valence-corrected chi connectivity index (χ3v) is 6.48. The number of sulfonamides is 1. The van der Waals surface area contributed by atoms with Crippen LogP contribution in [0.5, 0.6) is 5.75 Å². The van der Waals surface area contributed by atoms with Crippen molar-refractivity contribution in [3.05, 3.63) is 59.2 Å². The summed E-state index contributed by atoms with van der Waals surface area (Å²) in [6, 6.07) is 13.0. The molecule has 1 aliphatic heterocycles. The lowest BCUT2D eigenvalue weighted by molar-refractivity contribution is 0.406. The monoisotopic (exact) mass is 372 g/mol. The topological polar surface area (TPSA) is 59.0 Å². The van der Waals surface area contributed by atoms with Crippen molar-refractivity contribution in [3.8, 4) is 5.75 Å². The second-order valence-electron chi connectivity index (χ2n) is 6.66. The van der Waals surface area contributed by atoms with Crippen molar-refractivity contribution in [1.82, 2.24) is 4.31 Å². The van der Waals surface area contributed by atoms with Crippen LogP contribution in [0.15, 0.2) is 52.4 Å². The van der Waals surface area contributed by atoms with Crippen molar-refractivity contribution in [3.63, 3.8) is 0 Å². The lowest BCUT2D eigenvalue weighted by Gasteiger charge is -2.23. The van der Waals surface area contributed by atoms with Gasteiger partial charge in [-0.25, -0.2) is 12.7 Å². The average molecular weight is 372 g/mol. The molecule has 0 atom stereocenters. The fourth-order valence-corrected chi connectivity index (χ4v) is 4.88. The quantitative estimate of drug-likeness (QED) is 0.806. The molecule has 0 aromatic heterocycles. The molecule has 6 heteroatoms. The number of ether oxygens (including phenoxy) is 1. The summed E-state index contributed by atoms with van der Waals surface area (Å²) in [4.78, 5) is 4.75. The highest BCUT2D eigenvalue weighted by atomic mass is 32.2. The Morgan fingerprint density at radius 3 is 2.46 bits per heavy atom. The molecule has 0 amide bonds. The van der Waals surface area contributed by atoms with E-state index in [2.05, 4.69) is 4.99 Å². The zero-order valence-corrected chi connectivity index (χ0v) is 16.4. The molecule has 0 N–H and O–H groups in total. The van der Waals surface area contributed by atoms with Gasteiger partial charge in [0.05, 0.1) is 25.1 Å². The van der Waals surface area contributed by atoms with Gasteiger partial charge in [-0.15, -0.1) is 0 Å². The van der Waals surface area contributed by atoms with Crippen molar-refractivity contribution < 1.29 is 13.2 Å². The van der Waals surface area contributed by atoms with Crippen LogP contribution in [0.25, 0.3) is 0 Å². The van der Waals surface area contributed by atoms with Crippen LogP contribution in [0, 0.1) is 6.92 Å². The van der Waals surface area contributed by atoms with E-state index in [1.807, 2.05) is 44.2 Å². The van der Waals surface area contributed by atoms with E-state index in [0.29, 0.717) is 29.4 Å². The molecule has 5 nitrogen and oxygen atoms in total. The molecule has 0 spiro atoms. The number of nitrogens with zero attached hydrogens (tertiary/aromatic N) is 2. The van der Waals surface area contributed by atoms with Gasteiger partial charge in [-0.3, -0.25) is 4.99 Å². The summed E-state index contributed by atoms with van der Waals surface area (Å²) >= 11 is 0. The number of rotatable bonds is 5. The van der Waals surface area contributed by atoms with Gasteiger partial charge >= 0.3 is 0 Å². The molecule has 138 valence electrons. The first-order valence-electron chi connectivity index (χ1n) is 8.67. The molecule has 0 saturated heterocycles. The van der Waals surface area contributed by atoms with Crippen LogP contribution in [-0.4, -0.2) is 38.8 Å². The lowest BCUT2D eigenvalue weighted by atomic mass is 10.0. The zero-order valence-electron chi connectivity index (χ0n) is 15.6. The second-order valence-corrected chi connectivity index (χ2v) is 8.49. The molecule has 0 radical (unpaired) electrons. The van der Waals surface area contributed by atoms with Gasteiger partial charge in [0, 0.05) is 5.56 Å². The minimum atomic E-state index is -3.70. The number of aryl methyl sites for hydroxylation is 1. The summed E-state index contributed by atoms with van der Waals surface area (Å²) < 4.78 is 33.7. The first kappa shape index (κ1) is 18.5. The number of aliphatic imine (C=N–C) groups is 1. The molecule has 0 fully saturated rings. The number of hydrogen-bond donors (Lipinski definition) is 0. The summed E-state index contributed by atoms with van der Waals surface area (Å²) in [5.74, 6) is 1.38. The summed E-state index contributed by atoms with van der Waals surface area (Å²) in [5, 5.41) is 0. The molecular weight excluding hydrogens is 348 g/mol. The van der Waals surface area contributed by atoms with E-state index < -0.39 is 10.0 Å². The van der Waals surface area contributed by atoms with Gasteiger partial charge < -0.3 is 4.74 Å². The number of benzene rings is 2. The van der Waals surface area contributed by atoms with Gasteiger partial charge in [0.15, 0.2) is 0 Å². The van der Waals surface area contributed by atoms with Crippen LogP contribution in [0.4, 0.5) is 0 Å². The van der Waals surface area contributed by atoms with Gasteiger partial charge in [-0.1, -0.05) is 44.2 Å². The Balaban J connectivity index is 2.09. The summed E-state index contributed by atoms with van der Waals surface area (Å²) in [6.45, 7) is 6.67. The number of amidine groups is 1. The molecule has 3 rings (SSSR count). The molecule has 0 bridgehead atoms. The van der Waals surface area contributed by atoms with Crippen LogP contribution >= 0.6 is 0 Å². The van der Waals surface area contributed by atoms with Gasteiger partial charge in [-0.05, 0) is 36.1 Å². The SMILES string of the molecule is COc1cc(C)c(S(=O)(=O)N2CCN=C2c2ccccc2)cc1C(C)C. The standard InChI is InChI=1S/C20H24N2O3S/c1-14(2)17-13-19(15(3)12-18(17)25-4)26(23,24)22-11-10-21-20(22)16-8-6-5-7-9-16/h5-9,12-14H,10-11H2,1-4H3. The molecule has 2 aromatic carbocycles. The maximum Gasteiger partial charge on any atom is 0.265 e. The van der Waals surface area contributed by atoms with Gasteiger partial charge in [0.25, 0.3) is 10.0 Å². The Morgan fingerprint density at radius 1 is 1.15 bits per heavy atom. The van der Waals surface area contributed by atoms with Crippen LogP contribution in [-0.2, 0) is 10.0 Å². The molecule has 0 unspecified atom stereocenters. The average Bonchev–Trinajstić information content (AvgIpc) is 3.12. The first-order chi connectivity index (χ1) is 12.4. The molecular formula is C20H24N2O3S. The first-order valence-corrected chi connectivity index (χ1v) is 10.1. The smallest absolute Gasteiger partial charge is 0.265 e. The lowest BCUT2D eigenvalue weighted by Crippen LogP contribution is -2.35. The van der Waals surface area contributed by atoms with Crippen LogP contribution < -0.4 is 4.74 Å².